The van der Waals surface area contributed by atoms with Gasteiger partial charge in [0, 0.05) is 27.3 Å². The van der Waals surface area contributed by atoms with Gasteiger partial charge in [0.05, 0.1) is 28.4 Å². The molecular formula is C22H16Cl3NOS. The summed E-state index contributed by atoms with van der Waals surface area (Å²) in [6.07, 6.45) is 0.714. The topological polar surface area (TPSA) is 21.6 Å². The molecule has 1 atom stereocenters. The molecule has 28 heavy (non-hydrogen) atoms. The number of thioether (sulfide) groups is 1. The summed E-state index contributed by atoms with van der Waals surface area (Å²) in [5.74, 6) is 0.814. The van der Waals surface area contributed by atoms with Gasteiger partial charge in [-0.25, -0.2) is 0 Å². The van der Waals surface area contributed by atoms with Crippen LogP contribution in [0.2, 0.25) is 15.1 Å². The number of aliphatic imine (C=N–C) groups is 1. The molecule has 2 nitrogen and oxygen atoms in total. The van der Waals surface area contributed by atoms with E-state index in [1.165, 1.54) is 5.56 Å². The Morgan fingerprint density at radius 2 is 1.71 bits per heavy atom. The zero-order valence-electron chi connectivity index (χ0n) is 15.0. The Bertz CT molecular complexity index is 1050. The zero-order chi connectivity index (χ0) is 19.7. The number of hydrogen-bond donors (Lipinski definition) is 0. The average Bonchev–Trinajstić information content (AvgIpc) is 2.88. The van der Waals surface area contributed by atoms with E-state index in [1.807, 2.05) is 42.5 Å². The molecule has 0 N–H and O–H groups in total. The van der Waals surface area contributed by atoms with Crippen LogP contribution >= 0.6 is 46.6 Å². The lowest BCUT2D eigenvalue weighted by atomic mass is 10.0. The zero-order valence-corrected chi connectivity index (χ0v) is 18.0. The van der Waals surface area contributed by atoms with E-state index >= 15 is 0 Å². The van der Waals surface area contributed by atoms with Crippen LogP contribution < -0.4 is 4.74 Å². The molecule has 1 aliphatic heterocycles. The molecule has 0 fully saturated rings. The Kier molecular flexibility index (Phi) is 5.88. The Hall–Kier alpha value is -1.65. The van der Waals surface area contributed by atoms with Gasteiger partial charge in [-0.15, -0.1) is 11.8 Å². The smallest absolute Gasteiger partial charge is 0.134 e. The van der Waals surface area contributed by atoms with Crippen molar-refractivity contribution >= 4 is 58.0 Å². The standard InChI is InChI=1S/C22H16Cl3NOS/c1-27-20-4-2-3-18-22(20)28-21(13-5-7-14(23)8-6-13)12-19(26-18)16-10-9-15(24)11-17(16)25/h2-11,21H,12H2,1H3. The van der Waals surface area contributed by atoms with Gasteiger partial charge in [0.25, 0.3) is 0 Å². The van der Waals surface area contributed by atoms with Gasteiger partial charge < -0.3 is 4.74 Å². The fourth-order valence-corrected chi connectivity index (χ4v) is 5.14. The van der Waals surface area contributed by atoms with Crippen molar-refractivity contribution in [3.63, 3.8) is 0 Å². The molecular weight excluding hydrogens is 433 g/mol. The molecule has 3 aromatic rings. The summed E-state index contributed by atoms with van der Waals surface area (Å²) in [6, 6.07) is 19.4. The number of nitrogens with zero attached hydrogens (tertiary/aromatic N) is 1. The third-order valence-corrected chi connectivity index (χ3v) is 6.73. The van der Waals surface area contributed by atoms with Crippen molar-refractivity contribution in [3.05, 3.63) is 86.9 Å². The second-order valence-corrected chi connectivity index (χ2v) is 8.85. The lowest BCUT2D eigenvalue weighted by molar-refractivity contribution is 0.405. The largest absolute Gasteiger partial charge is 0.496 e. The molecule has 3 aromatic carbocycles. The number of benzene rings is 3. The predicted molar refractivity (Wildman–Crippen MR) is 120 cm³/mol. The van der Waals surface area contributed by atoms with Crippen LogP contribution in [-0.2, 0) is 0 Å². The van der Waals surface area contributed by atoms with Gasteiger partial charge in [-0.2, -0.15) is 0 Å². The first-order valence-electron chi connectivity index (χ1n) is 8.67. The lowest BCUT2D eigenvalue weighted by Crippen LogP contribution is -2.06. The van der Waals surface area contributed by atoms with E-state index in [1.54, 1.807) is 24.9 Å². The molecule has 1 unspecified atom stereocenters. The van der Waals surface area contributed by atoms with E-state index in [9.17, 15) is 0 Å². The van der Waals surface area contributed by atoms with Gasteiger partial charge in [0.2, 0.25) is 0 Å². The van der Waals surface area contributed by atoms with Crippen LogP contribution in [0.15, 0.2) is 70.6 Å². The van der Waals surface area contributed by atoms with Crippen molar-refractivity contribution in [1.82, 2.24) is 0 Å². The summed E-state index contributed by atoms with van der Waals surface area (Å²) in [6.45, 7) is 0. The third kappa shape index (κ3) is 4.04. The molecule has 0 radical (unpaired) electrons. The maximum atomic E-state index is 6.50. The van der Waals surface area contributed by atoms with E-state index < -0.39 is 0 Å². The van der Waals surface area contributed by atoms with Crippen molar-refractivity contribution in [3.8, 4) is 5.75 Å². The maximum absolute atomic E-state index is 6.50. The van der Waals surface area contributed by atoms with Gasteiger partial charge in [-0.1, -0.05) is 59.1 Å². The molecule has 6 heteroatoms. The van der Waals surface area contributed by atoms with Crippen LogP contribution in [0.25, 0.3) is 0 Å². The fraction of sp³-hybridized carbons (Fsp3) is 0.136. The predicted octanol–water partition coefficient (Wildman–Crippen LogP) is 8.01. The molecule has 0 saturated carbocycles. The minimum atomic E-state index is 0.139. The normalized spacial score (nSPS) is 16.1. The minimum Gasteiger partial charge on any atom is -0.496 e. The molecule has 0 amide bonds. The Morgan fingerprint density at radius 3 is 2.43 bits per heavy atom. The van der Waals surface area contributed by atoms with Gasteiger partial charge in [-0.3, -0.25) is 4.99 Å². The molecule has 1 heterocycles. The Labute approximate surface area is 183 Å². The first-order chi connectivity index (χ1) is 13.5. The van der Waals surface area contributed by atoms with Crippen LogP contribution in [0.1, 0.15) is 22.8 Å². The van der Waals surface area contributed by atoms with E-state index in [0.717, 1.165) is 32.6 Å². The van der Waals surface area contributed by atoms with Crippen molar-refractivity contribution in [2.24, 2.45) is 4.99 Å². The van der Waals surface area contributed by atoms with Crippen LogP contribution in [0.4, 0.5) is 5.69 Å². The van der Waals surface area contributed by atoms with Crippen LogP contribution in [0.5, 0.6) is 5.75 Å². The number of ether oxygens (including phenoxy) is 1. The summed E-state index contributed by atoms with van der Waals surface area (Å²) in [7, 11) is 1.68. The second kappa shape index (κ2) is 8.38. The highest BCUT2D eigenvalue weighted by Gasteiger charge is 2.25. The van der Waals surface area contributed by atoms with Gasteiger partial charge in [0.15, 0.2) is 0 Å². The quantitative estimate of drug-likeness (QED) is 0.404. The number of rotatable bonds is 3. The minimum absolute atomic E-state index is 0.139. The highest BCUT2D eigenvalue weighted by molar-refractivity contribution is 7.99. The summed E-state index contributed by atoms with van der Waals surface area (Å²) in [4.78, 5) is 5.98. The highest BCUT2D eigenvalue weighted by atomic mass is 35.5. The highest BCUT2D eigenvalue weighted by Crippen LogP contribution is 2.49. The van der Waals surface area contributed by atoms with E-state index in [0.29, 0.717) is 16.5 Å². The Balaban J connectivity index is 1.86. The summed E-state index contributed by atoms with van der Waals surface area (Å²) >= 11 is 20.4. The monoisotopic (exact) mass is 447 g/mol. The van der Waals surface area contributed by atoms with E-state index in [-0.39, 0.29) is 5.25 Å². The molecule has 0 bridgehead atoms. The van der Waals surface area contributed by atoms with Crippen molar-refractivity contribution in [2.45, 2.75) is 16.6 Å². The molecule has 4 rings (SSSR count). The van der Waals surface area contributed by atoms with E-state index in [4.69, 9.17) is 44.5 Å². The average molecular weight is 449 g/mol. The molecule has 0 spiro atoms. The van der Waals surface area contributed by atoms with Crippen molar-refractivity contribution in [1.29, 1.82) is 0 Å². The molecule has 1 aliphatic rings. The molecule has 0 aromatic heterocycles. The number of fused-ring (bicyclic) bond motifs is 1. The SMILES string of the molecule is COc1cccc2c1SC(c1ccc(Cl)cc1)CC(c1ccc(Cl)cc1Cl)=N2. The lowest BCUT2D eigenvalue weighted by Gasteiger charge is -2.17. The van der Waals surface area contributed by atoms with Gasteiger partial charge in [-0.05, 0) is 42.0 Å². The maximum Gasteiger partial charge on any atom is 0.134 e. The molecule has 142 valence electrons. The third-order valence-electron chi connectivity index (χ3n) is 4.56. The number of methoxy groups -OCH3 is 1. The van der Waals surface area contributed by atoms with Gasteiger partial charge >= 0.3 is 0 Å². The first-order valence-corrected chi connectivity index (χ1v) is 10.7. The van der Waals surface area contributed by atoms with Crippen molar-refractivity contribution < 1.29 is 4.74 Å². The Morgan fingerprint density at radius 1 is 0.964 bits per heavy atom. The molecule has 0 aliphatic carbocycles. The number of hydrogen-bond acceptors (Lipinski definition) is 3. The fourth-order valence-electron chi connectivity index (χ4n) is 3.18. The van der Waals surface area contributed by atoms with E-state index in [2.05, 4.69) is 12.1 Å². The van der Waals surface area contributed by atoms with Crippen LogP contribution in [-0.4, -0.2) is 12.8 Å². The van der Waals surface area contributed by atoms with Crippen LogP contribution in [0, 0.1) is 0 Å². The van der Waals surface area contributed by atoms with Crippen molar-refractivity contribution in [2.75, 3.05) is 7.11 Å². The summed E-state index contributed by atoms with van der Waals surface area (Å²) in [5.41, 5.74) is 3.86. The summed E-state index contributed by atoms with van der Waals surface area (Å²) in [5, 5.41) is 2.06. The van der Waals surface area contributed by atoms with Gasteiger partial charge in [0.1, 0.15) is 5.75 Å². The summed E-state index contributed by atoms with van der Waals surface area (Å²) < 4.78 is 5.60. The molecule has 0 saturated heterocycles. The number of halogens is 3. The first kappa shape index (κ1) is 19.7. The second-order valence-electron chi connectivity index (χ2n) is 6.35. The van der Waals surface area contributed by atoms with Crippen LogP contribution in [0.3, 0.4) is 0 Å².